The van der Waals surface area contributed by atoms with Crippen LogP contribution in [-0.2, 0) is 0 Å². The van der Waals surface area contributed by atoms with E-state index in [4.69, 9.17) is 0 Å². The van der Waals surface area contributed by atoms with E-state index in [1.807, 2.05) is 0 Å². The zero-order valence-corrected chi connectivity index (χ0v) is 8.07. The lowest BCUT2D eigenvalue weighted by Gasteiger charge is -2.18. The summed E-state index contributed by atoms with van der Waals surface area (Å²) in [7, 11) is 0. The first-order chi connectivity index (χ1) is 4.57. The highest BCUT2D eigenvalue weighted by Crippen LogP contribution is 2.22. The van der Waals surface area contributed by atoms with E-state index in [0.717, 1.165) is 11.8 Å². The highest BCUT2D eigenvalue weighted by atomic mass is 14.2. The van der Waals surface area contributed by atoms with Crippen LogP contribution in [0.1, 0.15) is 47.5 Å². The zero-order chi connectivity index (χ0) is 8.15. The quantitative estimate of drug-likeness (QED) is 0.560. The molecule has 0 aliphatic rings. The summed E-state index contributed by atoms with van der Waals surface area (Å²) >= 11 is 0. The molecule has 1 unspecified atom stereocenters. The monoisotopic (exact) mass is 141 g/mol. The summed E-state index contributed by atoms with van der Waals surface area (Å²) in [5.41, 5.74) is 0. The average molecular weight is 141 g/mol. The van der Waals surface area contributed by atoms with Gasteiger partial charge in [0.15, 0.2) is 0 Å². The van der Waals surface area contributed by atoms with Gasteiger partial charge in [0, 0.05) is 0 Å². The molecule has 0 amide bonds. The SMILES string of the molecule is CC[C](C)CC(C)C(C)C. The Bertz CT molecular complexity index is 74.1. The molecule has 0 fully saturated rings. The van der Waals surface area contributed by atoms with Crippen LogP contribution in [0.5, 0.6) is 0 Å². The van der Waals surface area contributed by atoms with Gasteiger partial charge in [-0.25, -0.2) is 0 Å². The normalized spacial score (nSPS) is 14.7. The number of hydrogen-bond acceptors (Lipinski definition) is 0. The van der Waals surface area contributed by atoms with Crippen molar-refractivity contribution in [2.24, 2.45) is 11.8 Å². The second kappa shape index (κ2) is 4.76. The van der Waals surface area contributed by atoms with Gasteiger partial charge in [0.1, 0.15) is 0 Å². The van der Waals surface area contributed by atoms with Crippen LogP contribution < -0.4 is 0 Å². The molecule has 0 aromatic rings. The molecule has 0 nitrogen and oxygen atoms in total. The molecule has 1 atom stereocenters. The molecule has 0 aliphatic carbocycles. The third kappa shape index (κ3) is 3.92. The maximum atomic E-state index is 2.34. The van der Waals surface area contributed by atoms with Crippen molar-refractivity contribution in [1.82, 2.24) is 0 Å². The Hall–Kier alpha value is 0. The maximum absolute atomic E-state index is 2.34. The van der Waals surface area contributed by atoms with Crippen LogP contribution >= 0.6 is 0 Å². The molecule has 0 heteroatoms. The topological polar surface area (TPSA) is 0 Å². The lowest BCUT2D eigenvalue weighted by Crippen LogP contribution is -2.07. The highest BCUT2D eigenvalue weighted by molar-refractivity contribution is 4.84. The third-order valence-corrected chi connectivity index (χ3v) is 2.41. The van der Waals surface area contributed by atoms with Gasteiger partial charge in [-0.3, -0.25) is 0 Å². The minimum absolute atomic E-state index is 0.835. The van der Waals surface area contributed by atoms with Crippen LogP contribution in [0.15, 0.2) is 0 Å². The third-order valence-electron chi connectivity index (χ3n) is 2.41. The molecule has 1 radical (unpaired) electrons. The molecule has 0 saturated carbocycles. The van der Waals surface area contributed by atoms with Gasteiger partial charge in [-0.15, -0.1) is 0 Å². The first-order valence-electron chi connectivity index (χ1n) is 4.39. The summed E-state index contributed by atoms with van der Waals surface area (Å²) in [5, 5.41) is 0. The van der Waals surface area contributed by atoms with Crippen LogP contribution in [0.3, 0.4) is 0 Å². The van der Waals surface area contributed by atoms with E-state index >= 15 is 0 Å². The Morgan fingerprint density at radius 2 is 1.70 bits per heavy atom. The smallest absolute Gasteiger partial charge is 0.0272 e. The minimum Gasteiger partial charge on any atom is -0.0648 e. The lowest BCUT2D eigenvalue weighted by atomic mass is 9.88. The summed E-state index contributed by atoms with van der Waals surface area (Å²) in [5.74, 6) is 3.34. The molecule has 0 heterocycles. The molecule has 10 heavy (non-hydrogen) atoms. The van der Waals surface area contributed by atoms with E-state index in [1.165, 1.54) is 12.8 Å². The van der Waals surface area contributed by atoms with Crippen molar-refractivity contribution in [2.45, 2.75) is 47.5 Å². The van der Waals surface area contributed by atoms with E-state index in [1.54, 1.807) is 5.92 Å². The predicted octanol–water partition coefficient (Wildman–Crippen LogP) is 3.67. The zero-order valence-electron chi connectivity index (χ0n) is 8.07. The fraction of sp³-hybridized carbons (Fsp3) is 0.900. The Morgan fingerprint density at radius 3 is 2.00 bits per heavy atom. The van der Waals surface area contributed by atoms with E-state index in [9.17, 15) is 0 Å². The van der Waals surface area contributed by atoms with Gasteiger partial charge in [-0.2, -0.15) is 0 Å². The molecule has 0 bridgehead atoms. The molecule has 0 N–H and O–H groups in total. The Kier molecular flexibility index (Phi) is 4.76. The summed E-state index contributed by atoms with van der Waals surface area (Å²) in [4.78, 5) is 0. The fourth-order valence-corrected chi connectivity index (χ4v) is 0.930. The molecule has 0 saturated heterocycles. The molecular weight excluding hydrogens is 120 g/mol. The van der Waals surface area contributed by atoms with Gasteiger partial charge in [-0.05, 0) is 24.2 Å². The van der Waals surface area contributed by atoms with Gasteiger partial charge in [0.2, 0.25) is 0 Å². The minimum atomic E-state index is 0.835. The molecular formula is C10H21. The van der Waals surface area contributed by atoms with Crippen molar-refractivity contribution < 1.29 is 0 Å². The van der Waals surface area contributed by atoms with Gasteiger partial charge in [0.25, 0.3) is 0 Å². The predicted molar refractivity (Wildman–Crippen MR) is 47.8 cm³/mol. The highest BCUT2D eigenvalue weighted by Gasteiger charge is 2.10. The van der Waals surface area contributed by atoms with E-state index in [2.05, 4.69) is 34.6 Å². The Labute approximate surface area is 66.0 Å². The largest absolute Gasteiger partial charge is 0.0648 e. The van der Waals surface area contributed by atoms with Gasteiger partial charge in [-0.1, -0.05) is 41.0 Å². The van der Waals surface area contributed by atoms with E-state index in [-0.39, 0.29) is 0 Å². The van der Waals surface area contributed by atoms with Crippen molar-refractivity contribution >= 4 is 0 Å². The molecule has 0 aromatic carbocycles. The van der Waals surface area contributed by atoms with Crippen LogP contribution in [-0.4, -0.2) is 0 Å². The summed E-state index contributed by atoms with van der Waals surface area (Å²) < 4.78 is 0. The van der Waals surface area contributed by atoms with Gasteiger partial charge in [0.05, 0.1) is 0 Å². The van der Waals surface area contributed by atoms with Gasteiger partial charge >= 0.3 is 0 Å². The van der Waals surface area contributed by atoms with Crippen LogP contribution in [0.4, 0.5) is 0 Å². The molecule has 0 aromatic heterocycles. The van der Waals surface area contributed by atoms with Crippen LogP contribution in [0.25, 0.3) is 0 Å². The standard InChI is InChI=1S/C10H21/c1-6-9(4)7-10(5)8(2)3/h8,10H,6-7H2,1-5H3. The van der Waals surface area contributed by atoms with Crippen LogP contribution in [0.2, 0.25) is 0 Å². The molecule has 0 rings (SSSR count). The van der Waals surface area contributed by atoms with Crippen molar-refractivity contribution in [3.63, 3.8) is 0 Å². The van der Waals surface area contributed by atoms with Gasteiger partial charge < -0.3 is 0 Å². The number of hydrogen-bond donors (Lipinski definition) is 0. The maximum Gasteiger partial charge on any atom is -0.0272 e. The van der Waals surface area contributed by atoms with Crippen molar-refractivity contribution in [1.29, 1.82) is 0 Å². The van der Waals surface area contributed by atoms with Crippen molar-refractivity contribution in [3.05, 3.63) is 5.92 Å². The van der Waals surface area contributed by atoms with Crippen molar-refractivity contribution in [3.8, 4) is 0 Å². The second-order valence-electron chi connectivity index (χ2n) is 3.74. The fourth-order valence-electron chi connectivity index (χ4n) is 0.930. The molecule has 0 aliphatic heterocycles. The van der Waals surface area contributed by atoms with E-state index < -0.39 is 0 Å². The van der Waals surface area contributed by atoms with E-state index in [0.29, 0.717) is 0 Å². The Morgan fingerprint density at radius 1 is 1.20 bits per heavy atom. The molecule has 61 valence electrons. The first kappa shape index (κ1) is 10.0. The summed E-state index contributed by atoms with van der Waals surface area (Å²) in [6.07, 6.45) is 2.56. The summed E-state index contributed by atoms with van der Waals surface area (Å²) in [6.45, 7) is 11.4. The second-order valence-corrected chi connectivity index (χ2v) is 3.74. The molecule has 0 spiro atoms. The number of rotatable bonds is 4. The summed E-state index contributed by atoms with van der Waals surface area (Å²) in [6, 6.07) is 0. The first-order valence-corrected chi connectivity index (χ1v) is 4.39. The lowest BCUT2D eigenvalue weighted by molar-refractivity contribution is 0.395. The Balaban J connectivity index is 3.46. The van der Waals surface area contributed by atoms with Crippen molar-refractivity contribution in [2.75, 3.05) is 0 Å². The van der Waals surface area contributed by atoms with Crippen LogP contribution in [0, 0.1) is 17.8 Å². The average Bonchev–Trinajstić information content (AvgIpc) is 1.87.